The predicted octanol–water partition coefficient (Wildman–Crippen LogP) is 7.82. The van der Waals surface area contributed by atoms with E-state index in [1.807, 2.05) is 30.5 Å². The Bertz CT molecular complexity index is 1850. The quantitative estimate of drug-likeness (QED) is 0.206. The maximum absolute atomic E-state index is 5.01. The summed E-state index contributed by atoms with van der Waals surface area (Å²) >= 11 is 0. The smallest absolute Gasteiger partial charge is 0.0978 e. The summed E-state index contributed by atoms with van der Waals surface area (Å²) in [6, 6.07) is 37.8. The molecule has 7 aromatic rings. The molecule has 4 aromatic carbocycles. The molecule has 0 unspecified atom stereocenters. The van der Waals surface area contributed by atoms with Crippen LogP contribution in [0.15, 0.2) is 115 Å². The molecule has 0 radical (unpaired) electrons. The molecular formula is C31H19N3. The lowest BCUT2D eigenvalue weighted by atomic mass is 9.94. The third-order valence-electron chi connectivity index (χ3n) is 6.49. The van der Waals surface area contributed by atoms with Crippen LogP contribution in [0.3, 0.4) is 0 Å². The first kappa shape index (κ1) is 18.9. The summed E-state index contributed by atoms with van der Waals surface area (Å²) in [5.74, 6) is 0. The highest BCUT2D eigenvalue weighted by Crippen LogP contribution is 2.37. The Balaban J connectivity index is 1.44. The average Bonchev–Trinajstić information content (AvgIpc) is 2.91. The Hall–Kier alpha value is -4.63. The van der Waals surface area contributed by atoms with Crippen LogP contribution in [-0.4, -0.2) is 15.0 Å². The van der Waals surface area contributed by atoms with E-state index in [0.717, 1.165) is 60.4 Å². The molecule has 0 aliphatic carbocycles. The molecule has 0 bridgehead atoms. The zero-order valence-corrected chi connectivity index (χ0v) is 18.3. The summed E-state index contributed by atoms with van der Waals surface area (Å²) in [7, 11) is 0. The summed E-state index contributed by atoms with van der Waals surface area (Å²) < 4.78 is 0. The fourth-order valence-corrected chi connectivity index (χ4v) is 4.84. The molecule has 3 heterocycles. The molecule has 0 spiro atoms. The maximum atomic E-state index is 5.01. The molecule has 0 aliphatic rings. The Morgan fingerprint density at radius 3 is 2.09 bits per heavy atom. The third kappa shape index (κ3) is 2.95. The summed E-state index contributed by atoms with van der Waals surface area (Å²) in [5, 5.41) is 4.50. The topological polar surface area (TPSA) is 38.7 Å². The first-order chi connectivity index (χ1) is 16.8. The van der Waals surface area contributed by atoms with Crippen molar-refractivity contribution in [1.29, 1.82) is 0 Å². The van der Waals surface area contributed by atoms with Gasteiger partial charge in [-0.15, -0.1) is 0 Å². The van der Waals surface area contributed by atoms with E-state index in [9.17, 15) is 0 Å². The molecule has 3 nitrogen and oxygen atoms in total. The highest BCUT2D eigenvalue weighted by atomic mass is 14.7. The van der Waals surface area contributed by atoms with Crippen LogP contribution in [0.1, 0.15) is 0 Å². The van der Waals surface area contributed by atoms with Crippen LogP contribution in [0, 0.1) is 0 Å². The second-order valence-corrected chi connectivity index (χ2v) is 8.51. The van der Waals surface area contributed by atoms with Gasteiger partial charge in [0.05, 0.1) is 27.8 Å². The van der Waals surface area contributed by atoms with Gasteiger partial charge >= 0.3 is 0 Å². The van der Waals surface area contributed by atoms with E-state index in [1.54, 1.807) is 0 Å². The molecule has 7 rings (SSSR count). The van der Waals surface area contributed by atoms with Crippen LogP contribution in [0.2, 0.25) is 0 Å². The van der Waals surface area contributed by atoms with Crippen LogP contribution >= 0.6 is 0 Å². The number of hydrogen-bond acceptors (Lipinski definition) is 3. The molecule has 3 heteroatoms. The van der Waals surface area contributed by atoms with Gasteiger partial charge in [0.1, 0.15) is 0 Å². The number of aromatic nitrogens is 3. The van der Waals surface area contributed by atoms with Crippen molar-refractivity contribution in [3.05, 3.63) is 115 Å². The van der Waals surface area contributed by atoms with Gasteiger partial charge in [-0.1, -0.05) is 84.9 Å². The number of para-hydroxylation sites is 2. The fourth-order valence-electron chi connectivity index (χ4n) is 4.84. The largest absolute Gasteiger partial charge is 0.254 e. The summed E-state index contributed by atoms with van der Waals surface area (Å²) in [6.07, 6.45) is 1.84. The third-order valence-corrected chi connectivity index (χ3v) is 6.49. The van der Waals surface area contributed by atoms with Gasteiger partial charge in [0, 0.05) is 38.9 Å². The molecule has 0 N–H and O–H groups in total. The molecular weight excluding hydrogens is 414 g/mol. The van der Waals surface area contributed by atoms with Crippen LogP contribution < -0.4 is 0 Å². The number of fused-ring (bicyclic) bond motifs is 5. The molecule has 0 fully saturated rings. The van der Waals surface area contributed by atoms with E-state index >= 15 is 0 Å². The highest BCUT2D eigenvalue weighted by Gasteiger charge is 2.14. The summed E-state index contributed by atoms with van der Waals surface area (Å²) in [6.45, 7) is 0. The standard InChI is InChI=1S/C31H19N3/c1-3-9-26-20(6-1)16-18-27(33-26)21-11-13-22(14-12-21)29-24-8-2-4-10-28(24)34-31-25(29)17-15-23-7-5-19-32-30(23)31/h1-19H. The van der Waals surface area contributed by atoms with Crippen molar-refractivity contribution in [2.24, 2.45) is 0 Å². The zero-order chi connectivity index (χ0) is 22.5. The lowest BCUT2D eigenvalue weighted by molar-refractivity contribution is 1.40. The molecule has 0 amide bonds. The number of pyridine rings is 3. The van der Waals surface area contributed by atoms with Crippen molar-refractivity contribution < 1.29 is 0 Å². The first-order valence-electron chi connectivity index (χ1n) is 11.4. The van der Waals surface area contributed by atoms with Gasteiger partial charge in [0.2, 0.25) is 0 Å². The van der Waals surface area contributed by atoms with Crippen molar-refractivity contribution in [3.63, 3.8) is 0 Å². The number of nitrogens with zero attached hydrogens (tertiary/aromatic N) is 3. The highest BCUT2D eigenvalue weighted by molar-refractivity contribution is 6.15. The Morgan fingerprint density at radius 1 is 0.441 bits per heavy atom. The van der Waals surface area contributed by atoms with Crippen LogP contribution in [-0.2, 0) is 0 Å². The summed E-state index contributed by atoms with van der Waals surface area (Å²) in [5.41, 5.74) is 8.28. The van der Waals surface area contributed by atoms with E-state index in [0.29, 0.717) is 0 Å². The van der Waals surface area contributed by atoms with Gasteiger partial charge < -0.3 is 0 Å². The minimum Gasteiger partial charge on any atom is -0.254 e. The van der Waals surface area contributed by atoms with E-state index < -0.39 is 0 Å². The van der Waals surface area contributed by atoms with Gasteiger partial charge in [-0.2, -0.15) is 0 Å². The maximum Gasteiger partial charge on any atom is 0.0978 e. The van der Waals surface area contributed by atoms with Crippen molar-refractivity contribution in [2.45, 2.75) is 0 Å². The molecule has 158 valence electrons. The molecule has 34 heavy (non-hydrogen) atoms. The predicted molar refractivity (Wildman–Crippen MR) is 141 cm³/mol. The van der Waals surface area contributed by atoms with Crippen LogP contribution in [0.25, 0.3) is 66.0 Å². The Morgan fingerprint density at radius 2 is 1.18 bits per heavy atom. The number of hydrogen-bond donors (Lipinski definition) is 0. The average molecular weight is 434 g/mol. The molecule has 0 atom stereocenters. The van der Waals surface area contributed by atoms with Gasteiger partial charge in [-0.25, -0.2) is 9.97 Å². The van der Waals surface area contributed by atoms with Gasteiger partial charge in [0.25, 0.3) is 0 Å². The second kappa shape index (κ2) is 7.46. The fraction of sp³-hybridized carbons (Fsp3) is 0. The SMILES string of the molecule is c1ccc2nc(-c3ccc(-c4c5ccccc5nc5c4ccc4cccnc45)cc3)ccc2c1. The lowest BCUT2D eigenvalue weighted by Crippen LogP contribution is -1.92. The second-order valence-electron chi connectivity index (χ2n) is 8.51. The summed E-state index contributed by atoms with van der Waals surface area (Å²) in [4.78, 5) is 14.5. The molecule has 0 aliphatic heterocycles. The van der Waals surface area contributed by atoms with Gasteiger partial charge in [0.15, 0.2) is 0 Å². The van der Waals surface area contributed by atoms with E-state index in [2.05, 4.69) is 89.9 Å². The molecule has 0 saturated heterocycles. The van der Waals surface area contributed by atoms with Gasteiger partial charge in [-0.05, 0) is 29.8 Å². The Labute approximate surface area is 196 Å². The number of rotatable bonds is 2. The minimum absolute atomic E-state index is 0.934. The normalized spacial score (nSPS) is 11.5. The number of benzene rings is 4. The molecule has 0 saturated carbocycles. The van der Waals surface area contributed by atoms with E-state index in [-0.39, 0.29) is 0 Å². The van der Waals surface area contributed by atoms with Crippen molar-refractivity contribution >= 4 is 43.6 Å². The van der Waals surface area contributed by atoms with Crippen molar-refractivity contribution in [1.82, 2.24) is 15.0 Å². The van der Waals surface area contributed by atoms with Crippen LogP contribution in [0.5, 0.6) is 0 Å². The van der Waals surface area contributed by atoms with E-state index in [4.69, 9.17) is 9.97 Å². The lowest BCUT2D eigenvalue weighted by Gasteiger charge is -2.13. The zero-order valence-electron chi connectivity index (χ0n) is 18.3. The Kier molecular flexibility index (Phi) is 4.15. The van der Waals surface area contributed by atoms with Crippen molar-refractivity contribution in [3.8, 4) is 22.4 Å². The van der Waals surface area contributed by atoms with Gasteiger partial charge in [-0.3, -0.25) is 4.98 Å². The first-order valence-corrected chi connectivity index (χ1v) is 11.4. The van der Waals surface area contributed by atoms with Crippen molar-refractivity contribution in [2.75, 3.05) is 0 Å². The molecule has 3 aromatic heterocycles. The van der Waals surface area contributed by atoms with Crippen LogP contribution in [0.4, 0.5) is 0 Å². The monoisotopic (exact) mass is 433 g/mol. The minimum atomic E-state index is 0.934. The van der Waals surface area contributed by atoms with E-state index in [1.165, 1.54) is 5.56 Å².